The van der Waals surface area contributed by atoms with Gasteiger partial charge in [0.1, 0.15) is 0 Å². The summed E-state index contributed by atoms with van der Waals surface area (Å²) in [6.07, 6.45) is 7.97. The van der Waals surface area contributed by atoms with Crippen LogP contribution in [-0.4, -0.2) is 17.0 Å². The molecule has 1 nitrogen and oxygen atoms in total. The first kappa shape index (κ1) is 12.4. The fourth-order valence-corrected chi connectivity index (χ4v) is 4.37. The first-order chi connectivity index (χ1) is 8.84. The molecule has 0 bridgehead atoms. The lowest BCUT2D eigenvalue weighted by molar-refractivity contribution is 0.614. The van der Waals surface area contributed by atoms with Crippen molar-refractivity contribution in [2.75, 3.05) is 11.1 Å². The summed E-state index contributed by atoms with van der Waals surface area (Å²) < 4.78 is 0. The first-order valence-corrected chi connectivity index (χ1v) is 8.38. The van der Waals surface area contributed by atoms with Crippen LogP contribution in [0.1, 0.15) is 43.7 Å². The van der Waals surface area contributed by atoms with Crippen LogP contribution in [0.5, 0.6) is 0 Å². The normalized spacial score (nSPS) is 27.6. The van der Waals surface area contributed by atoms with Gasteiger partial charge in [0.25, 0.3) is 0 Å². The van der Waals surface area contributed by atoms with E-state index in [1.807, 2.05) is 0 Å². The Morgan fingerprint density at radius 3 is 2.94 bits per heavy atom. The number of fused-ring (bicyclic) bond motifs is 1. The van der Waals surface area contributed by atoms with Gasteiger partial charge in [-0.3, -0.25) is 0 Å². The monoisotopic (exact) mass is 261 g/mol. The molecule has 1 aliphatic heterocycles. The van der Waals surface area contributed by atoms with Crippen LogP contribution in [0.2, 0.25) is 0 Å². The van der Waals surface area contributed by atoms with Crippen LogP contribution in [0.4, 0.5) is 5.69 Å². The minimum atomic E-state index is 0.664. The van der Waals surface area contributed by atoms with Crippen molar-refractivity contribution in [2.45, 2.75) is 56.7 Å². The van der Waals surface area contributed by atoms with Crippen molar-refractivity contribution >= 4 is 17.4 Å². The van der Waals surface area contributed by atoms with E-state index in [0.717, 1.165) is 5.25 Å². The van der Waals surface area contributed by atoms with Crippen LogP contribution < -0.4 is 5.32 Å². The Hall–Kier alpha value is -0.630. The lowest BCUT2D eigenvalue weighted by Crippen LogP contribution is -2.33. The van der Waals surface area contributed by atoms with Gasteiger partial charge in [-0.2, -0.15) is 11.8 Å². The molecule has 2 atom stereocenters. The highest BCUT2D eigenvalue weighted by atomic mass is 32.2. The Morgan fingerprint density at radius 2 is 2.06 bits per heavy atom. The van der Waals surface area contributed by atoms with Gasteiger partial charge in [0.2, 0.25) is 0 Å². The molecular weight excluding hydrogens is 238 g/mol. The van der Waals surface area contributed by atoms with E-state index in [2.05, 4.69) is 42.2 Å². The zero-order valence-electron chi connectivity index (χ0n) is 11.2. The van der Waals surface area contributed by atoms with Crippen molar-refractivity contribution in [1.29, 1.82) is 0 Å². The minimum Gasteiger partial charge on any atom is -0.381 e. The molecule has 3 rings (SSSR count). The number of rotatable bonds is 2. The molecule has 98 valence electrons. The lowest BCUT2D eigenvalue weighted by Gasteiger charge is -2.31. The molecule has 2 unspecified atom stereocenters. The molecule has 1 aromatic carbocycles. The summed E-state index contributed by atoms with van der Waals surface area (Å²) in [5, 5.41) is 4.59. The van der Waals surface area contributed by atoms with Crippen LogP contribution in [-0.2, 0) is 12.8 Å². The van der Waals surface area contributed by atoms with E-state index in [1.54, 1.807) is 11.1 Å². The highest BCUT2D eigenvalue weighted by Gasteiger charge is 2.23. The molecule has 0 aromatic heterocycles. The number of nitrogens with one attached hydrogen (secondary N) is 1. The largest absolute Gasteiger partial charge is 0.381 e. The predicted octanol–water partition coefficient (Wildman–Crippen LogP) is 4.26. The second-order valence-corrected chi connectivity index (χ2v) is 7.10. The summed E-state index contributed by atoms with van der Waals surface area (Å²) in [5.74, 6) is 1.34. The maximum absolute atomic E-state index is 3.84. The molecule has 1 N–H and O–H groups in total. The Balaban J connectivity index is 1.79. The van der Waals surface area contributed by atoms with Crippen molar-refractivity contribution in [2.24, 2.45) is 0 Å². The molecule has 1 aromatic rings. The average molecular weight is 261 g/mol. The summed E-state index contributed by atoms with van der Waals surface area (Å²) in [6, 6.07) is 7.50. The van der Waals surface area contributed by atoms with E-state index in [9.17, 15) is 0 Å². The van der Waals surface area contributed by atoms with E-state index in [1.165, 1.54) is 50.0 Å². The molecule has 0 spiro atoms. The van der Waals surface area contributed by atoms with Crippen LogP contribution >= 0.6 is 11.8 Å². The average Bonchev–Trinajstić information content (AvgIpc) is 2.42. The van der Waals surface area contributed by atoms with Crippen LogP contribution in [0.25, 0.3) is 0 Å². The Kier molecular flexibility index (Phi) is 3.83. The molecule has 0 amide bonds. The molecule has 1 heterocycles. The molecule has 1 saturated heterocycles. The Labute approximate surface area is 115 Å². The highest BCUT2D eigenvalue weighted by molar-refractivity contribution is 8.00. The fourth-order valence-electron chi connectivity index (χ4n) is 3.23. The van der Waals surface area contributed by atoms with Crippen molar-refractivity contribution in [1.82, 2.24) is 0 Å². The fraction of sp³-hybridized carbons (Fsp3) is 0.625. The van der Waals surface area contributed by atoms with Crippen LogP contribution in [0.15, 0.2) is 18.2 Å². The third kappa shape index (κ3) is 2.54. The number of anilines is 1. The van der Waals surface area contributed by atoms with Gasteiger partial charge in [-0.05, 0) is 61.5 Å². The van der Waals surface area contributed by atoms with E-state index >= 15 is 0 Å². The summed E-state index contributed by atoms with van der Waals surface area (Å²) in [4.78, 5) is 0. The highest BCUT2D eigenvalue weighted by Crippen LogP contribution is 2.32. The summed E-state index contributed by atoms with van der Waals surface area (Å²) >= 11 is 2.12. The van der Waals surface area contributed by atoms with Gasteiger partial charge in [0.05, 0.1) is 0 Å². The number of benzene rings is 1. The lowest BCUT2D eigenvalue weighted by atomic mass is 9.90. The summed E-state index contributed by atoms with van der Waals surface area (Å²) in [7, 11) is 0. The van der Waals surface area contributed by atoms with Crippen molar-refractivity contribution < 1.29 is 0 Å². The van der Waals surface area contributed by atoms with Crippen LogP contribution in [0, 0.1) is 0 Å². The van der Waals surface area contributed by atoms with E-state index in [0.29, 0.717) is 6.04 Å². The van der Waals surface area contributed by atoms with Gasteiger partial charge >= 0.3 is 0 Å². The molecular formula is C16H23NS. The van der Waals surface area contributed by atoms with Crippen molar-refractivity contribution in [3.63, 3.8) is 0 Å². The maximum Gasteiger partial charge on any atom is 0.0378 e. The van der Waals surface area contributed by atoms with Gasteiger partial charge in [-0.15, -0.1) is 0 Å². The molecule has 2 heteroatoms. The SMILES string of the molecule is CC1SCCCC1Nc1cccc2c1CCCC2. The molecule has 2 aliphatic rings. The zero-order chi connectivity index (χ0) is 12.4. The van der Waals surface area contributed by atoms with Crippen LogP contribution in [0.3, 0.4) is 0 Å². The number of hydrogen-bond acceptors (Lipinski definition) is 2. The molecule has 1 fully saturated rings. The number of hydrogen-bond donors (Lipinski definition) is 1. The topological polar surface area (TPSA) is 12.0 Å². The Bertz CT molecular complexity index is 416. The van der Waals surface area contributed by atoms with E-state index in [-0.39, 0.29) is 0 Å². The standard InChI is InChI=1S/C16H23NS/c1-12-15(10-5-11-18-12)17-16-9-4-7-13-6-2-3-8-14(13)16/h4,7,9,12,15,17H,2-3,5-6,8,10-11H2,1H3. The summed E-state index contributed by atoms with van der Waals surface area (Å²) in [5.41, 5.74) is 4.61. The minimum absolute atomic E-state index is 0.664. The maximum atomic E-state index is 3.84. The molecule has 0 radical (unpaired) electrons. The van der Waals surface area contributed by atoms with Gasteiger partial charge in [-0.1, -0.05) is 19.1 Å². The van der Waals surface area contributed by atoms with Crippen molar-refractivity contribution in [3.05, 3.63) is 29.3 Å². The van der Waals surface area contributed by atoms with Gasteiger partial charge in [-0.25, -0.2) is 0 Å². The molecule has 1 aliphatic carbocycles. The predicted molar refractivity (Wildman–Crippen MR) is 81.6 cm³/mol. The quantitative estimate of drug-likeness (QED) is 0.853. The zero-order valence-corrected chi connectivity index (χ0v) is 12.1. The van der Waals surface area contributed by atoms with E-state index in [4.69, 9.17) is 0 Å². The second-order valence-electron chi connectivity index (χ2n) is 5.62. The van der Waals surface area contributed by atoms with Gasteiger partial charge in [0.15, 0.2) is 0 Å². The second kappa shape index (κ2) is 5.56. The summed E-state index contributed by atoms with van der Waals surface area (Å²) in [6.45, 7) is 2.37. The third-order valence-corrected chi connectivity index (χ3v) is 5.72. The third-order valence-electron chi connectivity index (χ3n) is 4.34. The van der Waals surface area contributed by atoms with Gasteiger partial charge in [0, 0.05) is 17.0 Å². The number of thioether (sulfide) groups is 1. The van der Waals surface area contributed by atoms with Gasteiger partial charge < -0.3 is 5.32 Å². The van der Waals surface area contributed by atoms with E-state index < -0.39 is 0 Å². The Morgan fingerprint density at radius 1 is 1.17 bits per heavy atom. The molecule has 0 saturated carbocycles. The van der Waals surface area contributed by atoms with Crippen molar-refractivity contribution in [3.8, 4) is 0 Å². The number of aryl methyl sites for hydroxylation is 1. The smallest absolute Gasteiger partial charge is 0.0378 e. The first-order valence-electron chi connectivity index (χ1n) is 7.33. The molecule has 18 heavy (non-hydrogen) atoms.